The van der Waals surface area contributed by atoms with Gasteiger partial charge in [0, 0.05) is 10.1 Å². The van der Waals surface area contributed by atoms with Gasteiger partial charge in [-0.15, -0.1) is 0 Å². The second-order valence-electron chi connectivity index (χ2n) is 2.98. The van der Waals surface area contributed by atoms with Crippen LogP contribution in [0.1, 0.15) is 42.5 Å². The Morgan fingerprint density at radius 3 is 2.36 bits per heavy atom. The van der Waals surface area contributed by atoms with Crippen LogP contribution < -0.4 is 0 Å². The highest BCUT2D eigenvalue weighted by Crippen LogP contribution is 2.26. The monoisotopic (exact) mass is 187 g/mol. The first-order valence-corrected chi connectivity index (χ1v) is 5.05. The van der Waals surface area contributed by atoms with Gasteiger partial charge in [0.25, 0.3) is 0 Å². The first kappa shape index (κ1) is 9.07. The maximum Gasteiger partial charge on any atom is 0.0570 e. The molecule has 1 nitrogen and oxygen atoms in total. The second kappa shape index (κ2) is 3.59. The SMILES string of the molecule is CC(C)c1cc(C(C)S)sn1. The van der Waals surface area contributed by atoms with Crippen molar-refractivity contribution in [3.63, 3.8) is 0 Å². The van der Waals surface area contributed by atoms with Crippen molar-refractivity contribution in [2.75, 3.05) is 0 Å². The van der Waals surface area contributed by atoms with Crippen LogP contribution in [0.25, 0.3) is 0 Å². The lowest BCUT2D eigenvalue weighted by molar-refractivity contribution is 0.839. The van der Waals surface area contributed by atoms with E-state index in [1.165, 1.54) is 10.6 Å². The van der Waals surface area contributed by atoms with Crippen molar-refractivity contribution in [2.24, 2.45) is 0 Å². The zero-order valence-corrected chi connectivity index (χ0v) is 8.75. The van der Waals surface area contributed by atoms with Gasteiger partial charge in [-0.05, 0) is 30.4 Å². The van der Waals surface area contributed by atoms with Crippen LogP contribution in [0.3, 0.4) is 0 Å². The molecule has 3 heteroatoms. The zero-order valence-electron chi connectivity index (χ0n) is 7.03. The first-order valence-electron chi connectivity index (χ1n) is 3.76. The van der Waals surface area contributed by atoms with Crippen molar-refractivity contribution in [3.05, 3.63) is 16.6 Å². The minimum Gasteiger partial charge on any atom is -0.197 e. The molecule has 11 heavy (non-hydrogen) atoms. The van der Waals surface area contributed by atoms with Crippen LogP contribution in [0.15, 0.2) is 6.07 Å². The van der Waals surface area contributed by atoms with E-state index in [9.17, 15) is 0 Å². The number of aromatic nitrogens is 1. The van der Waals surface area contributed by atoms with Crippen LogP contribution in [0.4, 0.5) is 0 Å². The Morgan fingerprint density at radius 1 is 1.45 bits per heavy atom. The molecule has 0 bridgehead atoms. The van der Waals surface area contributed by atoms with Gasteiger partial charge in [-0.1, -0.05) is 13.8 Å². The standard InChI is InChI=1S/C8H13NS2/c1-5(2)7-4-8(6(3)10)11-9-7/h4-6,10H,1-3H3. The largest absolute Gasteiger partial charge is 0.197 e. The average Bonchev–Trinajstić information content (AvgIpc) is 2.33. The van der Waals surface area contributed by atoms with E-state index in [1.54, 1.807) is 11.5 Å². The summed E-state index contributed by atoms with van der Waals surface area (Å²) in [5.74, 6) is 0.534. The van der Waals surface area contributed by atoms with Crippen LogP contribution in [0.5, 0.6) is 0 Å². The third-order valence-corrected chi connectivity index (χ3v) is 2.99. The van der Waals surface area contributed by atoms with Crippen molar-refractivity contribution >= 4 is 24.2 Å². The fourth-order valence-electron chi connectivity index (χ4n) is 0.773. The molecule has 0 aliphatic heterocycles. The Balaban J connectivity index is 2.82. The molecular formula is C8H13NS2. The third-order valence-electron chi connectivity index (χ3n) is 1.55. The molecule has 1 heterocycles. The van der Waals surface area contributed by atoms with Crippen LogP contribution in [-0.4, -0.2) is 4.37 Å². The highest BCUT2D eigenvalue weighted by atomic mass is 32.1. The molecule has 0 fully saturated rings. The summed E-state index contributed by atoms with van der Waals surface area (Å²) < 4.78 is 4.33. The van der Waals surface area contributed by atoms with E-state index in [0.717, 1.165) is 0 Å². The molecule has 1 unspecified atom stereocenters. The average molecular weight is 187 g/mol. The van der Waals surface area contributed by atoms with E-state index in [0.29, 0.717) is 11.2 Å². The normalized spacial score (nSPS) is 13.9. The Kier molecular flexibility index (Phi) is 2.96. The molecular weight excluding hydrogens is 174 g/mol. The van der Waals surface area contributed by atoms with Gasteiger partial charge in [0.2, 0.25) is 0 Å². The van der Waals surface area contributed by atoms with Gasteiger partial charge in [0.1, 0.15) is 0 Å². The lowest BCUT2D eigenvalue weighted by Crippen LogP contribution is -1.84. The van der Waals surface area contributed by atoms with E-state index in [4.69, 9.17) is 0 Å². The van der Waals surface area contributed by atoms with Gasteiger partial charge in [-0.3, -0.25) is 0 Å². The van der Waals surface area contributed by atoms with Gasteiger partial charge in [0.05, 0.1) is 5.69 Å². The topological polar surface area (TPSA) is 12.9 Å². The van der Waals surface area contributed by atoms with Crippen molar-refractivity contribution in [2.45, 2.75) is 31.9 Å². The summed E-state index contributed by atoms with van der Waals surface area (Å²) in [4.78, 5) is 1.26. The summed E-state index contributed by atoms with van der Waals surface area (Å²) in [6, 6.07) is 2.15. The molecule has 1 aromatic heterocycles. The van der Waals surface area contributed by atoms with Crippen molar-refractivity contribution in [3.8, 4) is 0 Å². The molecule has 1 aromatic rings. The Labute approximate surface area is 77.4 Å². The van der Waals surface area contributed by atoms with E-state index in [-0.39, 0.29) is 0 Å². The number of hydrogen-bond donors (Lipinski definition) is 1. The summed E-state index contributed by atoms with van der Waals surface area (Å²) >= 11 is 5.90. The smallest absolute Gasteiger partial charge is 0.0570 e. The summed E-state index contributed by atoms with van der Waals surface area (Å²) in [5, 5.41) is 0.319. The lowest BCUT2D eigenvalue weighted by atomic mass is 10.1. The summed E-state index contributed by atoms with van der Waals surface area (Å²) in [5.41, 5.74) is 1.19. The van der Waals surface area contributed by atoms with Crippen molar-refractivity contribution in [1.82, 2.24) is 4.37 Å². The molecule has 0 aromatic carbocycles. The van der Waals surface area contributed by atoms with Gasteiger partial charge < -0.3 is 0 Å². The highest BCUT2D eigenvalue weighted by molar-refractivity contribution is 7.80. The lowest BCUT2D eigenvalue weighted by Gasteiger charge is -1.97. The van der Waals surface area contributed by atoms with Crippen LogP contribution in [0.2, 0.25) is 0 Å². The quantitative estimate of drug-likeness (QED) is 0.701. The highest BCUT2D eigenvalue weighted by Gasteiger charge is 2.07. The minimum absolute atomic E-state index is 0.319. The first-order chi connectivity index (χ1) is 5.11. The minimum atomic E-state index is 0.319. The van der Waals surface area contributed by atoms with Crippen LogP contribution in [-0.2, 0) is 0 Å². The van der Waals surface area contributed by atoms with E-state index >= 15 is 0 Å². The van der Waals surface area contributed by atoms with Crippen molar-refractivity contribution < 1.29 is 0 Å². The van der Waals surface area contributed by atoms with Gasteiger partial charge in [0.15, 0.2) is 0 Å². The molecule has 0 amide bonds. The molecule has 0 radical (unpaired) electrons. The van der Waals surface area contributed by atoms with E-state index < -0.39 is 0 Å². The summed E-state index contributed by atoms with van der Waals surface area (Å²) in [6.07, 6.45) is 0. The molecule has 0 aliphatic carbocycles. The van der Waals surface area contributed by atoms with E-state index in [1.807, 2.05) is 0 Å². The number of thiol groups is 1. The molecule has 0 aliphatic rings. The fourth-order valence-corrected chi connectivity index (χ4v) is 1.79. The van der Waals surface area contributed by atoms with Crippen LogP contribution >= 0.6 is 24.2 Å². The Hall–Kier alpha value is -0.0200. The molecule has 0 saturated heterocycles. The maximum absolute atomic E-state index is 4.34. The number of nitrogens with zero attached hydrogens (tertiary/aromatic N) is 1. The predicted octanol–water partition coefficient (Wildman–Crippen LogP) is 3.26. The van der Waals surface area contributed by atoms with E-state index in [2.05, 4.69) is 43.8 Å². The zero-order chi connectivity index (χ0) is 8.43. The third kappa shape index (κ3) is 2.20. The van der Waals surface area contributed by atoms with Gasteiger partial charge in [-0.25, -0.2) is 0 Å². The molecule has 0 saturated carbocycles. The Morgan fingerprint density at radius 2 is 2.09 bits per heavy atom. The molecule has 1 rings (SSSR count). The molecule has 0 N–H and O–H groups in total. The van der Waals surface area contributed by atoms with Gasteiger partial charge in [-0.2, -0.15) is 17.0 Å². The number of hydrogen-bond acceptors (Lipinski definition) is 3. The maximum atomic E-state index is 4.34. The fraction of sp³-hybridized carbons (Fsp3) is 0.625. The molecule has 62 valence electrons. The second-order valence-corrected chi connectivity index (χ2v) is 4.60. The number of rotatable bonds is 2. The molecule has 1 atom stereocenters. The predicted molar refractivity (Wildman–Crippen MR) is 53.6 cm³/mol. The van der Waals surface area contributed by atoms with Gasteiger partial charge >= 0.3 is 0 Å². The van der Waals surface area contributed by atoms with Crippen LogP contribution in [0, 0.1) is 0 Å². The summed E-state index contributed by atoms with van der Waals surface area (Å²) in [7, 11) is 0. The van der Waals surface area contributed by atoms with Crippen molar-refractivity contribution in [1.29, 1.82) is 0 Å². The molecule has 0 spiro atoms. The summed E-state index contributed by atoms with van der Waals surface area (Å²) in [6.45, 7) is 6.38. The Bertz CT molecular complexity index is 205.